The van der Waals surface area contributed by atoms with Crippen LogP contribution in [0.1, 0.15) is 6.42 Å². The Balaban J connectivity index is 2.43. The number of hydrogen-bond acceptors (Lipinski definition) is 4. The van der Waals surface area contributed by atoms with Crippen LogP contribution in [0.3, 0.4) is 0 Å². The molecule has 12 heavy (non-hydrogen) atoms. The van der Waals surface area contributed by atoms with Gasteiger partial charge in [-0.05, 0) is 0 Å². The molecule has 1 aromatic heterocycles. The molecule has 0 aliphatic rings. The Morgan fingerprint density at radius 3 is 3.17 bits per heavy atom. The average molecular weight is 171 g/mol. The van der Waals surface area contributed by atoms with E-state index in [4.69, 9.17) is 5.41 Å². The molecule has 0 radical (unpaired) electrons. The summed E-state index contributed by atoms with van der Waals surface area (Å²) in [5, 5.41) is 10.4. The third-order valence-electron chi connectivity index (χ3n) is 1.28. The van der Waals surface area contributed by atoms with Gasteiger partial charge in [0.05, 0.1) is 7.11 Å². The van der Waals surface area contributed by atoms with Gasteiger partial charge in [0.2, 0.25) is 6.20 Å². The first kappa shape index (κ1) is 8.51. The highest BCUT2D eigenvalue weighted by atomic mass is 16.5. The zero-order valence-corrected chi connectivity index (χ0v) is 6.61. The summed E-state index contributed by atoms with van der Waals surface area (Å²) in [7, 11) is 1.33. The van der Waals surface area contributed by atoms with Gasteiger partial charge in [-0.15, -0.1) is 0 Å². The molecule has 1 aromatic rings. The molecule has 1 rings (SSSR count). The van der Waals surface area contributed by atoms with Crippen LogP contribution in [0, 0.1) is 5.41 Å². The lowest BCUT2D eigenvalue weighted by atomic mass is 10.4. The molecule has 1 N–H and O–H groups in total. The Labute approximate surface area is 68.2 Å². The van der Waals surface area contributed by atoms with Crippen LogP contribution in [-0.4, -0.2) is 13.1 Å². The molecule has 0 saturated carbocycles. The summed E-state index contributed by atoms with van der Waals surface area (Å²) in [6.07, 6.45) is 1.62. The second-order valence-corrected chi connectivity index (χ2v) is 2.16. The van der Waals surface area contributed by atoms with Crippen LogP contribution >= 0.6 is 0 Å². The van der Waals surface area contributed by atoms with Crippen molar-refractivity contribution in [2.24, 2.45) is 0 Å². The number of esters is 1. The Kier molecular flexibility index (Phi) is 2.62. The Bertz CT molecular complexity index is 314. The third kappa shape index (κ3) is 2.22. The van der Waals surface area contributed by atoms with E-state index in [-0.39, 0.29) is 17.9 Å². The molecule has 6 nitrogen and oxygen atoms in total. The molecule has 0 aliphatic carbocycles. The zero-order chi connectivity index (χ0) is 8.97. The van der Waals surface area contributed by atoms with Crippen molar-refractivity contribution < 1.29 is 18.7 Å². The van der Waals surface area contributed by atoms with E-state index in [9.17, 15) is 4.79 Å². The number of aromatic nitrogens is 2. The van der Waals surface area contributed by atoms with E-state index in [0.717, 1.165) is 0 Å². The fourth-order valence-electron chi connectivity index (χ4n) is 0.692. The van der Waals surface area contributed by atoms with Gasteiger partial charge in [-0.3, -0.25) is 15.5 Å². The van der Waals surface area contributed by atoms with Crippen molar-refractivity contribution in [3.8, 4) is 0 Å². The van der Waals surface area contributed by atoms with E-state index in [1.54, 1.807) is 0 Å². The number of methoxy groups -OCH3 is 1. The SMILES string of the molecule is COC(=O)CC[n+]1cc(=N)o[n-]1. The average Bonchev–Trinajstić information content (AvgIpc) is 2.47. The molecule has 1 heterocycles. The molecule has 0 amide bonds. The summed E-state index contributed by atoms with van der Waals surface area (Å²) < 4.78 is 10.3. The van der Waals surface area contributed by atoms with E-state index in [1.807, 2.05) is 0 Å². The molecule has 0 aromatic carbocycles. The Morgan fingerprint density at radius 2 is 2.67 bits per heavy atom. The van der Waals surface area contributed by atoms with E-state index in [0.29, 0.717) is 6.54 Å². The van der Waals surface area contributed by atoms with Crippen molar-refractivity contribution >= 4 is 5.97 Å². The highest BCUT2D eigenvalue weighted by molar-refractivity contribution is 5.68. The first-order valence-corrected chi connectivity index (χ1v) is 3.37. The highest BCUT2D eigenvalue weighted by Gasteiger charge is 2.03. The molecule has 0 fully saturated rings. The second-order valence-electron chi connectivity index (χ2n) is 2.16. The van der Waals surface area contributed by atoms with Crippen molar-refractivity contribution in [1.29, 1.82) is 5.41 Å². The quantitative estimate of drug-likeness (QED) is 0.446. The van der Waals surface area contributed by atoms with E-state index in [2.05, 4.69) is 14.5 Å². The molecule has 0 unspecified atom stereocenters. The number of nitrogens with one attached hydrogen (secondary N) is 1. The smallest absolute Gasteiger partial charge is 0.311 e. The summed E-state index contributed by atoms with van der Waals surface area (Å²) in [6, 6.07) is 0. The minimum Gasteiger partial charge on any atom is -0.487 e. The summed E-state index contributed by atoms with van der Waals surface area (Å²) in [5.41, 5.74) is -0.0279. The number of carbonyl (C=O) groups excluding carboxylic acids is 1. The number of nitrogens with zero attached hydrogens (tertiary/aromatic N) is 2. The lowest BCUT2D eigenvalue weighted by molar-refractivity contribution is -0.766. The molecule has 66 valence electrons. The number of ether oxygens (including phenoxy) is 1. The maximum Gasteiger partial charge on any atom is 0.311 e. The number of carbonyl (C=O) groups is 1. The maximum absolute atomic E-state index is 10.7. The Morgan fingerprint density at radius 1 is 1.92 bits per heavy atom. The summed E-state index contributed by atoms with van der Waals surface area (Å²) in [5.74, 6) is -0.308. The fraction of sp³-hybridized carbons (Fsp3) is 0.500. The predicted octanol–water partition coefficient (Wildman–Crippen LogP) is -1.43. The molecule has 0 bridgehead atoms. The largest absolute Gasteiger partial charge is 0.487 e. The maximum atomic E-state index is 10.7. The standard InChI is InChI=1S/C6H9N3O3/c1-11-6(10)2-3-9-4-5(7)12-8-9/h4,7H,2-3H2,1H3. The third-order valence-corrected chi connectivity index (χ3v) is 1.28. The summed E-state index contributed by atoms with van der Waals surface area (Å²) in [4.78, 5) is 10.7. The van der Waals surface area contributed by atoms with Gasteiger partial charge in [0.15, 0.2) is 6.54 Å². The minimum absolute atomic E-state index is 0.0279. The predicted molar refractivity (Wildman–Crippen MR) is 34.7 cm³/mol. The summed E-state index contributed by atoms with van der Waals surface area (Å²) >= 11 is 0. The molecule has 0 aliphatic heterocycles. The van der Waals surface area contributed by atoms with Crippen LogP contribution in [0.15, 0.2) is 10.7 Å². The number of rotatable bonds is 3. The lowest BCUT2D eigenvalue weighted by Crippen LogP contribution is -2.38. The molecular weight excluding hydrogens is 162 g/mol. The van der Waals surface area contributed by atoms with Gasteiger partial charge in [-0.1, -0.05) is 0 Å². The molecular formula is C6H9N3O3. The van der Waals surface area contributed by atoms with Crippen LogP contribution in [0.2, 0.25) is 0 Å². The summed E-state index contributed by atoms with van der Waals surface area (Å²) in [6.45, 7) is 0.370. The van der Waals surface area contributed by atoms with Crippen molar-refractivity contribution in [2.45, 2.75) is 13.0 Å². The number of hydrogen-bond donors (Lipinski definition) is 1. The van der Waals surface area contributed by atoms with Crippen LogP contribution in [0.5, 0.6) is 0 Å². The minimum atomic E-state index is -0.308. The molecule has 6 heteroatoms. The van der Waals surface area contributed by atoms with Gasteiger partial charge >= 0.3 is 5.97 Å². The van der Waals surface area contributed by atoms with Crippen LogP contribution < -0.4 is 15.5 Å². The second kappa shape index (κ2) is 3.70. The van der Waals surface area contributed by atoms with Gasteiger partial charge in [-0.2, -0.15) is 0 Å². The van der Waals surface area contributed by atoms with Gasteiger partial charge in [0, 0.05) is 0 Å². The van der Waals surface area contributed by atoms with Crippen LogP contribution in [0.4, 0.5) is 0 Å². The normalized spacial score (nSPS) is 9.75. The zero-order valence-electron chi connectivity index (χ0n) is 6.61. The first-order chi connectivity index (χ1) is 5.72. The van der Waals surface area contributed by atoms with Crippen LogP contribution in [-0.2, 0) is 16.1 Å². The van der Waals surface area contributed by atoms with Crippen LogP contribution in [0.25, 0.3) is 0 Å². The van der Waals surface area contributed by atoms with Gasteiger partial charge in [0.25, 0.3) is 5.55 Å². The van der Waals surface area contributed by atoms with Crippen molar-refractivity contribution in [3.63, 3.8) is 0 Å². The van der Waals surface area contributed by atoms with Gasteiger partial charge in [0.1, 0.15) is 6.42 Å². The van der Waals surface area contributed by atoms with Gasteiger partial charge in [-0.25, -0.2) is 4.68 Å². The van der Waals surface area contributed by atoms with Crippen molar-refractivity contribution in [2.75, 3.05) is 7.11 Å². The van der Waals surface area contributed by atoms with E-state index < -0.39 is 0 Å². The molecule has 0 atom stereocenters. The van der Waals surface area contributed by atoms with E-state index >= 15 is 0 Å². The number of aryl methyl sites for hydroxylation is 1. The Hall–Kier alpha value is -1.59. The van der Waals surface area contributed by atoms with Gasteiger partial charge < -0.3 is 9.26 Å². The fourth-order valence-corrected chi connectivity index (χ4v) is 0.692. The van der Waals surface area contributed by atoms with Crippen molar-refractivity contribution in [3.05, 3.63) is 11.8 Å². The molecule has 0 saturated heterocycles. The van der Waals surface area contributed by atoms with E-state index in [1.165, 1.54) is 18.0 Å². The lowest BCUT2D eigenvalue weighted by Gasteiger charge is -1.96. The first-order valence-electron chi connectivity index (χ1n) is 3.37. The van der Waals surface area contributed by atoms with Crippen molar-refractivity contribution in [1.82, 2.24) is 5.27 Å². The monoisotopic (exact) mass is 171 g/mol. The highest BCUT2D eigenvalue weighted by Crippen LogP contribution is 1.81. The topological polar surface area (TPSA) is 81.3 Å². The molecule has 0 spiro atoms.